The van der Waals surface area contributed by atoms with Crippen LogP contribution in [-0.2, 0) is 6.54 Å². The van der Waals surface area contributed by atoms with Crippen LogP contribution in [0.2, 0.25) is 0 Å². The summed E-state index contributed by atoms with van der Waals surface area (Å²) in [6.45, 7) is 5.60. The molecule has 0 aliphatic carbocycles. The van der Waals surface area contributed by atoms with Crippen LogP contribution in [0, 0.1) is 0 Å². The maximum Gasteiger partial charge on any atom is 0.161 e. The standard InChI is InChI=1S/C13H22N2O2/c1-4-15(8-7-14)10-11-5-6-12(16-2)13(9-11)17-3/h5-6,9H,4,7-8,10,14H2,1-3H3. The molecule has 17 heavy (non-hydrogen) atoms. The van der Waals surface area contributed by atoms with Gasteiger partial charge in [-0.1, -0.05) is 13.0 Å². The van der Waals surface area contributed by atoms with Crippen molar-refractivity contribution in [2.24, 2.45) is 5.73 Å². The van der Waals surface area contributed by atoms with Crippen molar-refractivity contribution in [1.82, 2.24) is 4.90 Å². The van der Waals surface area contributed by atoms with E-state index >= 15 is 0 Å². The van der Waals surface area contributed by atoms with Crippen LogP contribution in [0.25, 0.3) is 0 Å². The van der Waals surface area contributed by atoms with Crippen LogP contribution in [0.15, 0.2) is 18.2 Å². The maximum atomic E-state index is 5.57. The molecule has 4 heteroatoms. The molecule has 0 unspecified atom stereocenters. The highest BCUT2D eigenvalue weighted by atomic mass is 16.5. The Morgan fingerprint density at radius 1 is 1.18 bits per heavy atom. The average Bonchev–Trinajstić information content (AvgIpc) is 2.38. The first kappa shape index (κ1) is 13.8. The molecule has 0 aromatic heterocycles. The molecule has 2 N–H and O–H groups in total. The molecule has 1 aromatic rings. The predicted molar refractivity (Wildman–Crippen MR) is 69.6 cm³/mol. The van der Waals surface area contributed by atoms with Gasteiger partial charge in [0, 0.05) is 19.6 Å². The van der Waals surface area contributed by atoms with Gasteiger partial charge in [0.15, 0.2) is 11.5 Å². The number of nitrogens with zero attached hydrogens (tertiary/aromatic N) is 1. The van der Waals surface area contributed by atoms with Gasteiger partial charge in [-0.05, 0) is 24.2 Å². The number of nitrogens with two attached hydrogens (primary N) is 1. The molecule has 0 spiro atoms. The Labute approximate surface area is 103 Å². The maximum absolute atomic E-state index is 5.57. The number of ether oxygens (including phenoxy) is 2. The Bertz CT molecular complexity index is 342. The number of hydrogen-bond acceptors (Lipinski definition) is 4. The summed E-state index contributed by atoms with van der Waals surface area (Å²) in [7, 11) is 3.30. The molecule has 0 atom stereocenters. The quantitative estimate of drug-likeness (QED) is 0.781. The van der Waals surface area contributed by atoms with Crippen molar-refractivity contribution < 1.29 is 9.47 Å². The predicted octanol–water partition coefficient (Wildman–Crippen LogP) is 1.48. The fourth-order valence-corrected chi connectivity index (χ4v) is 1.77. The van der Waals surface area contributed by atoms with Gasteiger partial charge in [-0.15, -0.1) is 0 Å². The third-order valence-electron chi connectivity index (χ3n) is 2.75. The normalized spacial score (nSPS) is 10.6. The van der Waals surface area contributed by atoms with Crippen LogP contribution in [0.1, 0.15) is 12.5 Å². The van der Waals surface area contributed by atoms with E-state index in [4.69, 9.17) is 15.2 Å². The minimum atomic E-state index is 0.682. The Hall–Kier alpha value is -1.26. The van der Waals surface area contributed by atoms with Gasteiger partial charge in [0.05, 0.1) is 14.2 Å². The van der Waals surface area contributed by atoms with E-state index in [-0.39, 0.29) is 0 Å². The summed E-state index contributed by atoms with van der Waals surface area (Å²) in [5, 5.41) is 0. The van der Waals surface area contributed by atoms with Crippen molar-refractivity contribution in [3.8, 4) is 11.5 Å². The number of likely N-dealkylation sites (N-methyl/N-ethyl adjacent to an activating group) is 1. The van der Waals surface area contributed by atoms with Gasteiger partial charge in [0.2, 0.25) is 0 Å². The minimum absolute atomic E-state index is 0.682. The number of hydrogen-bond donors (Lipinski definition) is 1. The summed E-state index contributed by atoms with van der Waals surface area (Å²) in [6.07, 6.45) is 0. The van der Waals surface area contributed by atoms with E-state index in [0.717, 1.165) is 31.1 Å². The first-order chi connectivity index (χ1) is 8.24. The van der Waals surface area contributed by atoms with Crippen LogP contribution >= 0.6 is 0 Å². The first-order valence-electron chi connectivity index (χ1n) is 5.88. The molecular formula is C13H22N2O2. The third kappa shape index (κ3) is 3.91. The number of rotatable bonds is 7. The van der Waals surface area contributed by atoms with E-state index in [1.54, 1.807) is 14.2 Å². The fraction of sp³-hybridized carbons (Fsp3) is 0.538. The fourth-order valence-electron chi connectivity index (χ4n) is 1.77. The summed E-state index contributed by atoms with van der Waals surface area (Å²) < 4.78 is 10.5. The molecule has 0 radical (unpaired) electrons. The van der Waals surface area contributed by atoms with Crippen LogP contribution in [0.3, 0.4) is 0 Å². The summed E-state index contributed by atoms with van der Waals surface area (Å²) in [5.41, 5.74) is 6.78. The molecule has 4 nitrogen and oxygen atoms in total. The van der Waals surface area contributed by atoms with E-state index in [9.17, 15) is 0 Å². The molecule has 96 valence electrons. The lowest BCUT2D eigenvalue weighted by molar-refractivity contribution is 0.287. The Morgan fingerprint density at radius 3 is 2.41 bits per heavy atom. The van der Waals surface area contributed by atoms with E-state index in [2.05, 4.69) is 17.9 Å². The van der Waals surface area contributed by atoms with E-state index in [0.29, 0.717) is 6.54 Å². The first-order valence-corrected chi connectivity index (χ1v) is 5.88. The molecule has 0 heterocycles. The lowest BCUT2D eigenvalue weighted by Crippen LogP contribution is -2.28. The summed E-state index contributed by atoms with van der Waals surface area (Å²) in [5.74, 6) is 1.53. The van der Waals surface area contributed by atoms with E-state index in [1.807, 2.05) is 12.1 Å². The monoisotopic (exact) mass is 238 g/mol. The zero-order valence-electron chi connectivity index (χ0n) is 10.9. The topological polar surface area (TPSA) is 47.7 Å². The zero-order chi connectivity index (χ0) is 12.7. The molecular weight excluding hydrogens is 216 g/mol. The van der Waals surface area contributed by atoms with Crippen molar-refractivity contribution in [1.29, 1.82) is 0 Å². The van der Waals surface area contributed by atoms with Crippen LogP contribution < -0.4 is 15.2 Å². The Balaban J connectivity index is 2.77. The second-order valence-electron chi connectivity index (χ2n) is 3.85. The zero-order valence-corrected chi connectivity index (χ0v) is 10.9. The molecule has 0 aliphatic heterocycles. The molecule has 0 amide bonds. The van der Waals surface area contributed by atoms with Crippen molar-refractivity contribution in [3.63, 3.8) is 0 Å². The highest BCUT2D eigenvalue weighted by Crippen LogP contribution is 2.27. The lowest BCUT2D eigenvalue weighted by Gasteiger charge is -2.20. The molecule has 0 fully saturated rings. The van der Waals surface area contributed by atoms with Crippen molar-refractivity contribution in [3.05, 3.63) is 23.8 Å². The van der Waals surface area contributed by atoms with Gasteiger partial charge in [0.1, 0.15) is 0 Å². The Morgan fingerprint density at radius 2 is 1.88 bits per heavy atom. The third-order valence-corrected chi connectivity index (χ3v) is 2.75. The molecule has 1 rings (SSSR count). The number of benzene rings is 1. The highest BCUT2D eigenvalue weighted by molar-refractivity contribution is 5.42. The largest absolute Gasteiger partial charge is 0.493 e. The van der Waals surface area contributed by atoms with Gasteiger partial charge in [-0.2, -0.15) is 0 Å². The van der Waals surface area contributed by atoms with Gasteiger partial charge in [-0.25, -0.2) is 0 Å². The summed E-state index contributed by atoms with van der Waals surface area (Å²) >= 11 is 0. The lowest BCUT2D eigenvalue weighted by atomic mass is 10.2. The molecule has 1 aromatic carbocycles. The molecule has 0 bridgehead atoms. The molecule has 0 saturated carbocycles. The molecule has 0 aliphatic rings. The van der Waals surface area contributed by atoms with Crippen molar-refractivity contribution >= 4 is 0 Å². The Kier molecular flexibility index (Phi) is 5.80. The second-order valence-corrected chi connectivity index (χ2v) is 3.85. The van der Waals surface area contributed by atoms with E-state index < -0.39 is 0 Å². The minimum Gasteiger partial charge on any atom is -0.493 e. The van der Waals surface area contributed by atoms with Gasteiger partial charge in [0.25, 0.3) is 0 Å². The van der Waals surface area contributed by atoms with E-state index in [1.165, 1.54) is 5.56 Å². The van der Waals surface area contributed by atoms with Crippen LogP contribution in [-0.4, -0.2) is 38.8 Å². The van der Waals surface area contributed by atoms with Crippen LogP contribution in [0.4, 0.5) is 0 Å². The highest BCUT2D eigenvalue weighted by Gasteiger charge is 2.07. The van der Waals surface area contributed by atoms with Crippen molar-refractivity contribution in [2.75, 3.05) is 33.9 Å². The van der Waals surface area contributed by atoms with Gasteiger partial charge >= 0.3 is 0 Å². The smallest absolute Gasteiger partial charge is 0.161 e. The summed E-state index contributed by atoms with van der Waals surface area (Å²) in [4.78, 5) is 2.29. The van der Waals surface area contributed by atoms with Gasteiger partial charge in [-0.3, -0.25) is 4.90 Å². The molecule has 0 saturated heterocycles. The number of methoxy groups -OCH3 is 2. The summed E-state index contributed by atoms with van der Waals surface area (Å²) in [6, 6.07) is 6.00. The second kappa shape index (κ2) is 7.14. The van der Waals surface area contributed by atoms with Crippen LogP contribution in [0.5, 0.6) is 11.5 Å². The average molecular weight is 238 g/mol. The van der Waals surface area contributed by atoms with Gasteiger partial charge < -0.3 is 15.2 Å². The van der Waals surface area contributed by atoms with Crippen molar-refractivity contribution in [2.45, 2.75) is 13.5 Å². The SMILES string of the molecule is CCN(CCN)Cc1ccc(OC)c(OC)c1.